The Kier molecular flexibility index (Phi) is 5.37. The smallest absolute Gasteiger partial charge is 0.349 e. The second-order valence-corrected chi connectivity index (χ2v) is 7.68. The monoisotopic (exact) mass is 332 g/mol. The van der Waals surface area contributed by atoms with E-state index in [4.69, 9.17) is 0 Å². The van der Waals surface area contributed by atoms with Crippen LogP contribution >= 0.6 is 11.3 Å². The summed E-state index contributed by atoms with van der Waals surface area (Å²) < 4.78 is 31.6. The molecule has 0 aromatic carbocycles. The highest BCUT2D eigenvalue weighted by molar-refractivity contribution is 7.89. The maximum Gasteiger partial charge on any atom is 0.349 e. The van der Waals surface area contributed by atoms with Gasteiger partial charge in [0, 0.05) is 19.1 Å². The van der Waals surface area contributed by atoms with Gasteiger partial charge in [-0.05, 0) is 30.8 Å². The predicted molar refractivity (Wildman–Crippen MR) is 81.1 cm³/mol. The molecule has 1 aliphatic heterocycles. The molecule has 1 aromatic rings. The zero-order valence-electron chi connectivity index (χ0n) is 12.2. The second-order valence-electron chi connectivity index (χ2n) is 4.85. The van der Waals surface area contributed by atoms with Crippen molar-refractivity contribution in [2.24, 2.45) is 0 Å². The predicted octanol–water partition coefficient (Wildman–Crippen LogP) is 1.30. The van der Waals surface area contributed by atoms with Crippen LogP contribution in [0.2, 0.25) is 0 Å². The molecule has 2 rings (SSSR count). The van der Waals surface area contributed by atoms with Gasteiger partial charge in [-0.1, -0.05) is 6.92 Å². The fourth-order valence-electron chi connectivity index (χ4n) is 2.44. The van der Waals surface area contributed by atoms with E-state index in [0.717, 1.165) is 30.7 Å². The molecular formula is C13H20N2O4S2. The number of nitrogens with one attached hydrogen (secondary N) is 1. The molecule has 1 fully saturated rings. The van der Waals surface area contributed by atoms with Crippen LogP contribution in [0.25, 0.3) is 0 Å². The average molecular weight is 332 g/mol. The Morgan fingerprint density at radius 3 is 2.90 bits per heavy atom. The molecular weight excluding hydrogens is 312 g/mol. The molecule has 2 heterocycles. The van der Waals surface area contributed by atoms with Crippen molar-refractivity contribution in [1.82, 2.24) is 9.62 Å². The number of hydrogen-bond donors (Lipinski definition) is 1. The summed E-state index contributed by atoms with van der Waals surface area (Å²) in [5.41, 5.74) is 0. The van der Waals surface area contributed by atoms with Crippen LogP contribution in [0, 0.1) is 0 Å². The van der Waals surface area contributed by atoms with Gasteiger partial charge in [-0.15, -0.1) is 11.3 Å². The van der Waals surface area contributed by atoms with Crippen LogP contribution in [0.3, 0.4) is 0 Å². The van der Waals surface area contributed by atoms with Crippen molar-refractivity contribution < 1.29 is 17.9 Å². The largest absolute Gasteiger partial charge is 0.465 e. The highest BCUT2D eigenvalue weighted by Crippen LogP contribution is 2.26. The molecule has 1 atom stereocenters. The minimum Gasteiger partial charge on any atom is -0.465 e. The van der Waals surface area contributed by atoms with Gasteiger partial charge in [0.1, 0.15) is 9.77 Å². The van der Waals surface area contributed by atoms with Gasteiger partial charge in [0.25, 0.3) is 0 Å². The number of sulfonamides is 1. The van der Waals surface area contributed by atoms with E-state index in [0.29, 0.717) is 13.1 Å². The Morgan fingerprint density at radius 2 is 2.33 bits per heavy atom. The maximum absolute atomic E-state index is 12.8. The molecule has 1 unspecified atom stereocenters. The lowest BCUT2D eigenvalue weighted by atomic mass is 10.2. The Bertz CT molecular complexity index is 591. The minimum absolute atomic E-state index is 0.0409. The highest BCUT2D eigenvalue weighted by Gasteiger charge is 2.31. The summed E-state index contributed by atoms with van der Waals surface area (Å²) in [7, 11) is -2.43. The molecule has 1 aromatic heterocycles. The molecule has 0 saturated carbocycles. The molecule has 21 heavy (non-hydrogen) atoms. The number of esters is 1. The van der Waals surface area contributed by atoms with E-state index in [-0.39, 0.29) is 15.8 Å². The topological polar surface area (TPSA) is 75.7 Å². The molecule has 118 valence electrons. The third-order valence-electron chi connectivity index (χ3n) is 3.56. The zero-order valence-corrected chi connectivity index (χ0v) is 13.8. The van der Waals surface area contributed by atoms with E-state index in [1.807, 2.05) is 0 Å². The lowest BCUT2D eigenvalue weighted by molar-refractivity contribution is 0.0602. The summed E-state index contributed by atoms with van der Waals surface area (Å²) in [6.45, 7) is 3.52. The number of nitrogens with zero attached hydrogens (tertiary/aromatic N) is 1. The fourth-order valence-corrected chi connectivity index (χ4v) is 5.24. The molecule has 1 saturated heterocycles. The lowest BCUT2D eigenvalue weighted by Gasteiger charge is -2.23. The van der Waals surface area contributed by atoms with Crippen molar-refractivity contribution in [3.63, 3.8) is 0 Å². The van der Waals surface area contributed by atoms with Crippen LogP contribution in [-0.4, -0.2) is 51.5 Å². The van der Waals surface area contributed by atoms with Gasteiger partial charge in [-0.3, -0.25) is 0 Å². The van der Waals surface area contributed by atoms with Crippen molar-refractivity contribution in [2.45, 2.75) is 30.7 Å². The maximum atomic E-state index is 12.8. The molecule has 8 heteroatoms. The molecule has 0 spiro atoms. The van der Waals surface area contributed by atoms with Crippen LogP contribution in [0.1, 0.15) is 29.4 Å². The normalized spacial score (nSPS) is 19.1. The van der Waals surface area contributed by atoms with Crippen LogP contribution in [0.15, 0.2) is 16.3 Å². The van der Waals surface area contributed by atoms with Crippen molar-refractivity contribution >= 4 is 27.3 Å². The van der Waals surface area contributed by atoms with Crippen molar-refractivity contribution in [2.75, 3.05) is 26.7 Å². The summed E-state index contributed by atoms with van der Waals surface area (Å²) in [5.74, 6) is -0.612. The first-order chi connectivity index (χ1) is 10.0. The zero-order chi connectivity index (χ0) is 15.5. The number of likely N-dealkylation sites (N-methyl/N-ethyl adjacent to an activating group) is 1. The summed E-state index contributed by atoms with van der Waals surface area (Å²) in [6, 6.07) is 1.65. The molecule has 0 bridgehead atoms. The van der Waals surface area contributed by atoms with Gasteiger partial charge in [0.15, 0.2) is 0 Å². The summed E-state index contributed by atoms with van der Waals surface area (Å²) in [4.78, 5) is 11.9. The molecule has 0 amide bonds. The number of carbonyl (C=O) groups excluding carboxylic acids is 1. The quantitative estimate of drug-likeness (QED) is 0.795. The number of methoxy groups -OCH3 is 1. The molecule has 0 radical (unpaired) electrons. The minimum atomic E-state index is -3.68. The van der Waals surface area contributed by atoms with E-state index in [2.05, 4.69) is 10.1 Å². The number of carbonyl (C=O) groups is 1. The molecule has 1 aliphatic rings. The van der Waals surface area contributed by atoms with Gasteiger partial charge < -0.3 is 10.1 Å². The van der Waals surface area contributed by atoms with Crippen molar-refractivity contribution in [1.29, 1.82) is 0 Å². The van der Waals surface area contributed by atoms with Crippen LogP contribution < -0.4 is 5.32 Å². The van der Waals surface area contributed by atoms with Gasteiger partial charge in [0.2, 0.25) is 10.0 Å². The van der Waals surface area contributed by atoms with Gasteiger partial charge in [0.05, 0.1) is 7.11 Å². The lowest BCUT2D eigenvalue weighted by Crippen LogP contribution is -2.41. The van der Waals surface area contributed by atoms with E-state index in [9.17, 15) is 13.2 Å². The first-order valence-corrected chi connectivity index (χ1v) is 9.22. The standard InChI is InChI=1S/C13H20N2O4S2/c1-3-15(9-10-5-4-7-14-10)21(17,18)11-6-8-20-12(11)13(16)19-2/h6,8,10,14H,3-5,7,9H2,1-2H3. The van der Waals surface area contributed by atoms with Gasteiger partial charge in [-0.25, -0.2) is 13.2 Å². The van der Waals surface area contributed by atoms with Crippen LogP contribution in [-0.2, 0) is 14.8 Å². The number of rotatable bonds is 6. The number of hydrogen-bond acceptors (Lipinski definition) is 6. The Hall–Kier alpha value is -0.960. The van der Waals surface area contributed by atoms with Crippen LogP contribution in [0.5, 0.6) is 0 Å². The summed E-state index contributed by atoms with van der Waals surface area (Å²) >= 11 is 1.08. The first-order valence-electron chi connectivity index (χ1n) is 6.90. The summed E-state index contributed by atoms with van der Waals surface area (Å²) in [5, 5.41) is 4.89. The first kappa shape index (κ1) is 16.4. The number of ether oxygens (including phenoxy) is 1. The van der Waals surface area contributed by atoms with Gasteiger partial charge >= 0.3 is 5.97 Å². The second kappa shape index (κ2) is 6.87. The third kappa shape index (κ3) is 3.45. The number of thiophene rings is 1. The van der Waals surface area contributed by atoms with Crippen LogP contribution in [0.4, 0.5) is 0 Å². The Labute approximate surface area is 129 Å². The van der Waals surface area contributed by atoms with Crippen molar-refractivity contribution in [3.8, 4) is 0 Å². The SMILES string of the molecule is CCN(CC1CCCN1)S(=O)(=O)c1ccsc1C(=O)OC. The van der Waals surface area contributed by atoms with E-state index in [1.165, 1.54) is 17.5 Å². The Morgan fingerprint density at radius 1 is 1.57 bits per heavy atom. The fraction of sp³-hybridized carbons (Fsp3) is 0.615. The van der Waals surface area contributed by atoms with Gasteiger partial charge in [-0.2, -0.15) is 4.31 Å². The van der Waals surface area contributed by atoms with Crippen molar-refractivity contribution in [3.05, 3.63) is 16.3 Å². The summed E-state index contributed by atoms with van der Waals surface area (Å²) in [6.07, 6.45) is 2.04. The molecule has 1 N–H and O–H groups in total. The third-order valence-corrected chi connectivity index (χ3v) is 6.56. The molecule has 6 nitrogen and oxygen atoms in total. The molecule has 0 aliphatic carbocycles. The van der Waals surface area contributed by atoms with E-state index >= 15 is 0 Å². The highest BCUT2D eigenvalue weighted by atomic mass is 32.2. The van der Waals surface area contributed by atoms with E-state index in [1.54, 1.807) is 12.3 Å². The average Bonchev–Trinajstić information content (AvgIpc) is 3.14. The van der Waals surface area contributed by atoms with E-state index < -0.39 is 16.0 Å². The Balaban J connectivity index is 2.26.